The van der Waals surface area contributed by atoms with E-state index in [1.54, 1.807) is 6.07 Å². The summed E-state index contributed by atoms with van der Waals surface area (Å²) in [7, 11) is 0. The van der Waals surface area contributed by atoms with Crippen LogP contribution >= 0.6 is 0 Å². The van der Waals surface area contributed by atoms with Crippen molar-refractivity contribution in [3.63, 3.8) is 0 Å². The fourth-order valence-electron chi connectivity index (χ4n) is 1.87. The van der Waals surface area contributed by atoms with Crippen molar-refractivity contribution in [1.29, 1.82) is 0 Å². The lowest BCUT2D eigenvalue weighted by atomic mass is 10.0. The van der Waals surface area contributed by atoms with Crippen molar-refractivity contribution in [3.8, 4) is 22.6 Å². The first kappa shape index (κ1) is 12.5. The quantitative estimate of drug-likeness (QED) is 0.872. The SMILES string of the molecule is CCCOc1ccccc1-c1ccc(O)c(C)c1. The van der Waals surface area contributed by atoms with Crippen molar-refractivity contribution in [1.82, 2.24) is 0 Å². The second-order valence-corrected chi connectivity index (χ2v) is 4.35. The molecule has 18 heavy (non-hydrogen) atoms. The Kier molecular flexibility index (Phi) is 3.88. The third-order valence-corrected chi connectivity index (χ3v) is 2.86. The highest BCUT2D eigenvalue weighted by Crippen LogP contribution is 2.32. The van der Waals surface area contributed by atoms with Crippen LogP contribution < -0.4 is 4.74 Å². The molecule has 94 valence electrons. The Morgan fingerprint density at radius 1 is 1.11 bits per heavy atom. The summed E-state index contributed by atoms with van der Waals surface area (Å²) in [5, 5.41) is 9.57. The molecule has 0 fully saturated rings. The third-order valence-electron chi connectivity index (χ3n) is 2.86. The Balaban J connectivity index is 2.39. The van der Waals surface area contributed by atoms with E-state index < -0.39 is 0 Å². The van der Waals surface area contributed by atoms with Gasteiger partial charge in [0, 0.05) is 5.56 Å². The average Bonchev–Trinajstić information content (AvgIpc) is 2.40. The number of aryl methyl sites for hydroxylation is 1. The molecule has 0 atom stereocenters. The predicted octanol–water partition coefficient (Wildman–Crippen LogP) is 4.16. The Morgan fingerprint density at radius 3 is 2.61 bits per heavy atom. The number of ether oxygens (including phenoxy) is 1. The molecular formula is C16H18O2. The van der Waals surface area contributed by atoms with E-state index in [1.165, 1.54) is 0 Å². The zero-order chi connectivity index (χ0) is 13.0. The summed E-state index contributed by atoms with van der Waals surface area (Å²) in [5.41, 5.74) is 3.00. The molecule has 1 N–H and O–H groups in total. The first-order valence-corrected chi connectivity index (χ1v) is 6.24. The van der Waals surface area contributed by atoms with Crippen LogP contribution in [0, 0.1) is 6.92 Å². The van der Waals surface area contributed by atoms with Crippen molar-refractivity contribution in [2.75, 3.05) is 6.61 Å². The van der Waals surface area contributed by atoms with E-state index in [-0.39, 0.29) is 0 Å². The van der Waals surface area contributed by atoms with E-state index in [9.17, 15) is 5.11 Å². The number of aromatic hydroxyl groups is 1. The number of rotatable bonds is 4. The topological polar surface area (TPSA) is 29.5 Å². The highest BCUT2D eigenvalue weighted by atomic mass is 16.5. The number of para-hydroxylation sites is 1. The molecule has 0 heterocycles. The first-order chi connectivity index (χ1) is 8.72. The molecule has 2 aromatic carbocycles. The fourth-order valence-corrected chi connectivity index (χ4v) is 1.87. The van der Waals surface area contributed by atoms with Crippen molar-refractivity contribution in [2.45, 2.75) is 20.3 Å². The molecule has 0 aliphatic carbocycles. The van der Waals surface area contributed by atoms with Crippen LogP contribution in [-0.2, 0) is 0 Å². The number of hydrogen-bond donors (Lipinski definition) is 1. The minimum Gasteiger partial charge on any atom is -0.508 e. The minimum absolute atomic E-state index is 0.325. The third kappa shape index (κ3) is 2.65. The van der Waals surface area contributed by atoms with Crippen LogP contribution in [0.4, 0.5) is 0 Å². The van der Waals surface area contributed by atoms with Gasteiger partial charge in [-0.1, -0.05) is 31.2 Å². The zero-order valence-corrected chi connectivity index (χ0v) is 10.8. The van der Waals surface area contributed by atoms with E-state index in [2.05, 4.69) is 6.92 Å². The molecule has 0 saturated heterocycles. The maximum absolute atomic E-state index is 9.57. The Morgan fingerprint density at radius 2 is 1.89 bits per heavy atom. The molecule has 0 unspecified atom stereocenters. The lowest BCUT2D eigenvalue weighted by Gasteiger charge is -2.11. The van der Waals surface area contributed by atoms with E-state index in [1.807, 2.05) is 43.3 Å². The van der Waals surface area contributed by atoms with Gasteiger partial charge < -0.3 is 9.84 Å². The van der Waals surface area contributed by atoms with Crippen LogP contribution in [0.3, 0.4) is 0 Å². The Hall–Kier alpha value is -1.96. The standard InChI is InChI=1S/C16H18O2/c1-3-10-18-16-7-5-4-6-14(16)13-8-9-15(17)12(2)11-13/h4-9,11,17H,3,10H2,1-2H3. The van der Waals surface area contributed by atoms with E-state index in [4.69, 9.17) is 4.74 Å². The summed E-state index contributed by atoms with van der Waals surface area (Å²) >= 11 is 0. The van der Waals surface area contributed by atoms with Gasteiger partial charge >= 0.3 is 0 Å². The van der Waals surface area contributed by atoms with E-state index in [0.29, 0.717) is 12.4 Å². The normalized spacial score (nSPS) is 10.3. The maximum Gasteiger partial charge on any atom is 0.127 e. The Bertz CT molecular complexity index is 532. The highest BCUT2D eigenvalue weighted by molar-refractivity contribution is 5.71. The Labute approximate surface area is 108 Å². The van der Waals surface area contributed by atoms with Gasteiger partial charge in [-0.05, 0) is 42.7 Å². The van der Waals surface area contributed by atoms with Crippen LogP contribution in [-0.4, -0.2) is 11.7 Å². The van der Waals surface area contributed by atoms with Gasteiger partial charge in [0.15, 0.2) is 0 Å². The number of phenolic OH excluding ortho intramolecular Hbond substituents is 1. The molecule has 0 radical (unpaired) electrons. The molecule has 0 saturated carbocycles. The summed E-state index contributed by atoms with van der Waals surface area (Å²) < 4.78 is 5.75. The van der Waals surface area contributed by atoms with Crippen molar-refractivity contribution in [3.05, 3.63) is 48.0 Å². The second kappa shape index (κ2) is 5.58. The molecular weight excluding hydrogens is 224 g/mol. The van der Waals surface area contributed by atoms with Gasteiger partial charge in [0.25, 0.3) is 0 Å². The van der Waals surface area contributed by atoms with Crippen LogP contribution in [0.1, 0.15) is 18.9 Å². The summed E-state index contributed by atoms with van der Waals surface area (Å²) in [6.07, 6.45) is 0.989. The molecule has 0 amide bonds. The van der Waals surface area contributed by atoms with Crippen molar-refractivity contribution >= 4 is 0 Å². The molecule has 0 aromatic heterocycles. The second-order valence-electron chi connectivity index (χ2n) is 4.35. The van der Waals surface area contributed by atoms with Crippen molar-refractivity contribution < 1.29 is 9.84 Å². The van der Waals surface area contributed by atoms with Crippen LogP contribution in [0.25, 0.3) is 11.1 Å². The predicted molar refractivity (Wildman–Crippen MR) is 74.1 cm³/mol. The summed E-state index contributed by atoms with van der Waals surface area (Å²) in [4.78, 5) is 0. The summed E-state index contributed by atoms with van der Waals surface area (Å²) in [6, 6.07) is 13.6. The number of hydrogen-bond acceptors (Lipinski definition) is 2. The maximum atomic E-state index is 9.57. The summed E-state index contributed by atoms with van der Waals surface area (Å²) in [5.74, 6) is 1.22. The molecule has 0 aliphatic rings. The molecule has 2 nitrogen and oxygen atoms in total. The number of phenols is 1. The minimum atomic E-state index is 0.325. The van der Waals surface area contributed by atoms with E-state index in [0.717, 1.165) is 28.9 Å². The first-order valence-electron chi connectivity index (χ1n) is 6.24. The average molecular weight is 242 g/mol. The van der Waals surface area contributed by atoms with Gasteiger partial charge in [0.05, 0.1) is 6.61 Å². The molecule has 2 rings (SSSR count). The largest absolute Gasteiger partial charge is 0.508 e. The molecule has 2 aromatic rings. The smallest absolute Gasteiger partial charge is 0.127 e. The van der Waals surface area contributed by atoms with Gasteiger partial charge in [0.2, 0.25) is 0 Å². The van der Waals surface area contributed by atoms with Gasteiger partial charge in [-0.3, -0.25) is 0 Å². The number of benzene rings is 2. The lowest BCUT2D eigenvalue weighted by molar-refractivity contribution is 0.318. The van der Waals surface area contributed by atoms with Gasteiger partial charge in [0.1, 0.15) is 11.5 Å². The van der Waals surface area contributed by atoms with Gasteiger partial charge in [-0.2, -0.15) is 0 Å². The molecule has 2 heteroatoms. The lowest BCUT2D eigenvalue weighted by Crippen LogP contribution is -1.96. The van der Waals surface area contributed by atoms with Crippen LogP contribution in [0.15, 0.2) is 42.5 Å². The van der Waals surface area contributed by atoms with Crippen LogP contribution in [0.5, 0.6) is 11.5 Å². The monoisotopic (exact) mass is 242 g/mol. The van der Waals surface area contributed by atoms with Gasteiger partial charge in [-0.25, -0.2) is 0 Å². The van der Waals surface area contributed by atoms with Crippen LogP contribution in [0.2, 0.25) is 0 Å². The highest BCUT2D eigenvalue weighted by Gasteiger charge is 2.06. The van der Waals surface area contributed by atoms with Gasteiger partial charge in [-0.15, -0.1) is 0 Å². The fraction of sp³-hybridized carbons (Fsp3) is 0.250. The molecule has 0 aliphatic heterocycles. The molecule has 0 bridgehead atoms. The summed E-state index contributed by atoms with van der Waals surface area (Å²) in [6.45, 7) is 4.70. The van der Waals surface area contributed by atoms with E-state index >= 15 is 0 Å². The van der Waals surface area contributed by atoms with Crippen molar-refractivity contribution in [2.24, 2.45) is 0 Å². The zero-order valence-electron chi connectivity index (χ0n) is 10.8. The molecule has 0 spiro atoms.